The lowest BCUT2D eigenvalue weighted by Crippen LogP contribution is -2.33. The van der Waals surface area contributed by atoms with Gasteiger partial charge in [-0.05, 0) is 5.56 Å². The molecule has 0 aliphatic rings. The van der Waals surface area contributed by atoms with Crippen molar-refractivity contribution in [3.63, 3.8) is 0 Å². The van der Waals surface area contributed by atoms with E-state index in [0.717, 1.165) is 0 Å². The maximum atomic E-state index is 14.7. The van der Waals surface area contributed by atoms with Gasteiger partial charge in [-0.2, -0.15) is 0 Å². The van der Waals surface area contributed by atoms with Crippen LogP contribution in [0.1, 0.15) is 32.3 Å². The van der Waals surface area contributed by atoms with Gasteiger partial charge in [-0.25, -0.2) is 59.0 Å². The van der Waals surface area contributed by atoms with E-state index < -0.39 is 88.5 Å². The van der Waals surface area contributed by atoms with Crippen LogP contribution in [0.3, 0.4) is 0 Å². The highest BCUT2D eigenvalue weighted by atomic mass is 27.1. The van der Waals surface area contributed by atoms with Crippen LogP contribution in [0.15, 0.2) is 0 Å². The van der Waals surface area contributed by atoms with Crippen LogP contribution >= 0.6 is 0 Å². The van der Waals surface area contributed by atoms with Crippen molar-refractivity contribution < 1.29 is 39.5 Å². The van der Waals surface area contributed by atoms with Crippen molar-refractivity contribution in [3.05, 3.63) is 57.9 Å². The molecule has 0 atom stereocenters. The molecule has 0 saturated carbocycles. The van der Waals surface area contributed by atoms with E-state index in [0.29, 0.717) is 0 Å². The summed E-state index contributed by atoms with van der Waals surface area (Å²) in [6, 6.07) is 0. The van der Waals surface area contributed by atoms with E-state index in [2.05, 4.69) is 0 Å². The Bertz CT molecular complexity index is 899. The molecule has 0 fully saturated rings. The van der Waals surface area contributed by atoms with Crippen LogP contribution in [0.25, 0.3) is 11.1 Å². The predicted molar refractivity (Wildman–Crippen MR) is 85.4 cm³/mol. The zero-order valence-electron chi connectivity index (χ0n) is 14.9. The molecule has 0 aromatic heterocycles. The van der Waals surface area contributed by atoms with E-state index in [9.17, 15) is 39.5 Å². The van der Waals surface area contributed by atoms with E-state index in [1.54, 1.807) is 5.79 Å². The molecule has 0 saturated heterocycles. The van der Waals surface area contributed by atoms with Crippen LogP contribution < -0.4 is 0 Å². The van der Waals surface area contributed by atoms with Crippen LogP contribution in [0.5, 0.6) is 0 Å². The molecule has 2 radical (unpaired) electrons. The molecule has 0 heterocycles. The first-order valence-electron chi connectivity index (χ1n) is 8.19. The molecule has 0 nitrogen and oxygen atoms in total. The molecule has 28 heavy (non-hydrogen) atoms. The van der Waals surface area contributed by atoms with Gasteiger partial charge in [-0.3, -0.25) is 5.79 Å². The molecule has 0 spiro atoms. The van der Waals surface area contributed by atoms with Gasteiger partial charge >= 0.3 is 0 Å². The van der Waals surface area contributed by atoms with Crippen LogP contribution in [0.4, 0.5) is 39.5 Å². The second-order valence-corrected chi connectivity index (χ2v) is 7.79. The van der Waals surface area contributed by atoms with E-state index in [1.807, 2.05) is 0 Å². The molecule has 0 aliphatic heterocycles. The molecule has 0 unspecified atom stereocenters. The molecule has 2 aromatic carbocycles. The molecule has 152 valence electrons. The summed E-state index contributed by atoms with van der Waals surface area (Å²) >= 11 is -0.858. The third kappa shape index (κ3) is 3.11. The Hall–Kier alpha value is -1.66. The van der Waals surface area contributed by atoms with Gasteiger partial charge in [0, 0.05) is 5.56 Å². The lowest BCUT2D eigenvalue weighted by Gasteiger charge is -2.45. The summed E-state index contributed by atoms with van der Waals surface area (Å²) in [5.41, 5.74) is -4.27. The molecular formula is C18H13AlF9-. The van der Waals surface area contributed by atoms with Crippen LogP contribution in [-0.4, -0.2) is 15.2 Å². The highest BCUT2D eigenvalue weighted by Gasteiger charge is 2.36. The Morgan fingerprint density at radius 1 is 0.536 bits per heavy atom. The van der Waals surface area contributed by atoms with E-state index in [1.165, 1.54) is 13.8 Å². The average Bonchev–Trinajstić information content (AvgIpc) is 2.70. The SMILES string of the molecule is CC[C](CC)([Al-][CH3])c1c(F)c(F)c(F)c(F)c1-c1c(F)c(F)c(F)c(F)c1F. The van der Waals surface area contributed by atoms with Crippen molar-refractivity contribution in [1.82, 2.24) is 0 Å². The van der Waals surface area contributed by atoms with Crippen LogP contribution in [-0.2, 0) is 4.28 Å². The van der Waals surface area contributed by atoms with Crippen LogP contribution in [0, 0.1) is 52.4 Å². The molecule has 10 heteroatoms. The monoisotopic (exact) mass is 427 g/mol. The normalized spacial score (nSPS) is 12.0. The van der Waals surface area contributed by atoms with Gasteiger partial charge in [-0.1, -0.05) is 26.7 Å². The Kier molecular flexibility index (Phi) is 6.46. The fourth-order valence-electron chi connectivity index (χ4n) is 3.31. The number of hydrogen-bond acceptors (Lipinski definition) is 0. The van der Waals surface area contributed by atoms with Gasteiger partial charge in [0.15, 0.2) is 46.5 Å². The number of hydrogen-bond donors (Lipinski definition) is 0. The molecule has 0 amide bonds. The van der Waals surface area contributed by atoms with Crippen molar-refractivity contribution in [2.24, 2.45) is 0 Å². The van der Waals surface area contributed by atoms with E-state index >= 15 is 0 Å². The summed E-state index contributed by atoms with van der Waals surface area (Å²) < 4.78 is 125. The molecule has 0 bridgehead atoms. The lowest BCUT2D eigenvalue weighted by molar-refractivity contribution is 0.376. The zero-order chi connectivity index (χ0) is 21.5. The summed E-state index contributed by atoms with van der Waals surface area (Å²) in [6.45, 7) is 3.00. The smallest absolute Gasteiger partial charge is 0.200 e. The summed E-state index contributed by atoms with van der Waals surface area (Å²) in [6.07, 6.45) is 0.0539. The Labute approximate surface area is 161 Å². The predicted octanol–water partition coefficient (Wildman–Crippen LogP) is 6.37. The average molecular weight is 427 g/mol. The molecular weight excluding hydrogens is 414 g/mol. The first-order valence-corrected chi connectivity index (χ1v) is 9.92. The van der Waals surface area contributed by atoms with Crippen molar-refractivity contribution in [2.45, 2.75) is 36.8 Å². The van der Waals surface area contributed by atoms with E-state index in [4.69, 9.17) is 0 Å². The first-order chi connectivity index (χ1) is 13.0. The highest BCUT2D eigenvalue weighted by molar-refractivity contribution is 6.38. The third-order valence-electron chi connectivity index (χ3n) is 5.04. The quantitative estimate of drug-likeness (QED) is 0.225. The molecule has 2 aromatic rings. The Balaban J connectivity index is 3.19. The maximum Gasteiger partial charge on any atom is 0.200 e. The number of halogens is 9. The largest absolute Gasteiger partial charge is 0.270 e. The minimum atomic E-state index is -2.51. The third-order valence-corrected chi connectivity index (χ3v) is 7.25. The molecule has 2 rings (SSSR count). The van der Waals surface area contributed by atoms with Crippen molar-refractivity contribution in [2.75, 3.05) is 0 Å². The van der Waals surface area contributed by atoms with Gasteiger partial charge in [0.25, 0.3) is 0 Å². The fourth-order valence-corrected chi connectivity index (χ4v) is 4.69. The zero-order valence-corrected chi connectivity index (χ0v) is 16.0. The van der Waals surface area contributed by atoms with E-state index in [-0.39, 0.29) is 12.8 Å². The van der Waals surface area contributed by atoms with Gasteiger partial charge in [0.1, 0.15) is 0 Å². The van der Waals surface area contributed by atoms with Gasteiger partial charge < -0.3 is 0 Å². The number of benzene rings is 2. The van der Waals surface area contributed by atoms with Gasteiger partial charge in [-0.15, -0.1) is 0 Å². The summed E-state index contributed by atoms with van der Waals surface area (Å²) in [7, 11) is 0. The Morgan fingerprint density at radius 2 is 0.857 bits per heavy atom. The van der Waals surface area contributed by atoms with Crippen molar-refractivity contribution >= 4 is 15.2 Å². The minimum Gasteiger partial charge on any atom is -0.270 e. The summed E-state index contributed by atoms with van der Waals surface area (Å²) in [5.74, 6) is -19.5. The maximum absolute atomic E-state index is 14.7. The van der Waals surface area contributed by atoms with Crippen molar-refractivity contribution in [3.8, 4) is 11.1 Å². The second-order valence-electron chi connectivity index (χ2n) is 6.10. The standard InChI is InChI=1S/C17H10F9.CH3.Al/c1-3-5(4-2)6-7(10(19)14(23)13(22)9(6)18)8-11(20)15(24)17(26)16(25)12(8)21;;/h3-4H2,1-2H3;1H3;/q;;-1. The first kappa shape index (κ1) is 22.6. The second kappa shape index (κ2) is 7.99. The molecule has 0 N–H and O–H groups in total. The van der Waals surface area contributed by atoms with Crippen molar-refractivity contribution in [1.29, 1.82) is 0 Å². The summed E-state index contributed by atoms with van der Waals surface area (Å²) in [4.78, 5) is 0. The van der Waals surface area contributed by atoms with Gasteiger partial charge in [0.05, 0.1) is 5.56 Å². The fraction of sp³-hybridized carbons (Fsp3) is 0.333. The topological polar surface area (TPSA) is 0 Å². The summed E-state index contributed by atoms with van der Waals surface area (Å²) in [5, 5.41) is 0. The Morgan fingerprint density at radius 3 is 1.21 bits per heavy atom. The molecule has 0 aliphatic carbocycles. The number of rotatable bonds is 5. The lowest BCUT2D eigenvalue weighted by atomic mass is 9.84. The highest BCUT2D eigenvalue weighted by Crippen LogP contribution is 2.45. The van der Waals surface area contributed by atoms with Gasteiger partial charge in [0.2, 0.25) is 5.82 Å². The minimum absolute atomic E-state index is 0.0269. The van der Waals surface area contributed by atoms with Crippen LogP contribution in [0.2, 0.25) is 5.79 Å².